The van der Waals surface area contributed by atoms with Gasteiger partial charge in [-0.2, -0.15) is 0 Å². The molecule has 1 aromatic rings. The summed E-state index contributed by atoms with van der Waals surface area (Å²) in [7, 11) is 0. The highest BCUT2D eigenvalue weighted by atomic mass is 16.5. The number of aryl methyl sites for hydroxylation is 1. The van der Waals surface area contributed by atoms with Crippen molar-refractivity contribution < 1.29 is 14.1 Å². The molecule has 0 aliphatic rings. The zero-order chi connectivity index (χ0) is 10.6. The summed E-state index contributed by atoms with van der Waals surface area (Å²) >= 11 is 0. The fourth-order valence-corrected chi connectivity index (χ4v) is 1.06. The highest BCUT2D eigenvalue weighted by Crippen LogP contribution is 2.17. The lowest BCUT2D eigenvalue weighted by Gasteiger charge is -2.01. The van der Waals surface area contributed by atoms with Gasteiger partial charge in [-0.3, -0.25) is 0 Å². The van der Waals surface area contributed by atoms with Gasteiger partial charge in [-0.15, -0.1) is 0 Å². The van der Waals surface area contributed by atoms with E-state index in [1.165, 1.54) is 0 Å². The molecule has 0 aliphatic carbocycles. The van der Waals surface area contributed by atoms with Crippen LogP contribution in [-0.4, -0.2) is 17.7 Å². The van der Waals surface area contributed by atoms with E-state index in [2.05, 4.69) is 5.16 Å². The maximum atomic E-state index is 11.5. The van der Waals surface area contributed by atoms with Gasteiger partial charge < -0.3 is 15.0 Å². The third-order valence-electron chi connectivity index (χ3n) is 1.77. The molecule has 2 N–H and O–H groups in total. The molecule has 5 nitrogen and oxygen atoms in total. The predicted molar refractivity (Wildman–Crippen MR) is 50.9 cm³/mol. The second-order valence-corrected chi connectivity index (χ2v) is 2.86. The van der Waals surface area contributed by atoms with Crippen LogP contribution >= 0.6 is 0 Å². The van der Waals surface area contributed by atoms with Crippen molar-refractivity contribution >= 4 is 11.9 Å². The Hall–Kier alpha value is -1.52. The van der Waals surface area contributed by atoms with Crippen molar-refractivity contribution in [1.29, 1.82) is 0 Å². The van der Waals surface area contributed by atoms with E-state index in [-0.39, 0.29) is 11.4 Å². The van der Waals surface area contributed by atoms with Gasteiger partial charge in [0.25, 0.3) is 0 Å². The summed E-state index contributed by atoms with van der Waals surface area (Å²) in [6.45, 7) is 4.17. The number of hydrogen-bond acceptors (Lipinski definition) is 5. The first kappa shape index (κ1) is 10.6. The lowest BCUT2D eigenvalue weighted by atomic mass is 10.2. The predicted octanol–water partition coefficient (Wildman–Crippen LogP) is 1.39. The zero-order valence-corrected chi connectivity index (χ0v) is 8.37. The second kappa shape index (κ2) is 4.64. The quantitative estimate of drug-likeness (QED) is 0.739. The number of carbonyl (C=O) groups is 1. The fourth-order valence-electron chi connectivity index (χ4n) is 1.06. The lowest BCUT2D eigenvalue weighted by Crippen LogP contribution is -2.09. The summed E-state index contributed by atoms with van der Waals surface area (Å²) in [5, 5.41) is 3.66. The molecule has 1 rings (SSSR count). The number of nitrogens with two attached hydrogens (primary N) is 1. The largest absolute Gasteiger partial charge is 0.462 e. The Morgan fingerprint density at radius 1 is 1.57 bits per heavy atom. The van der Waals surface area contributed by atoms with Crippen LogP contribution in [0.3, 0.4) is 0 Å². The van der Waals surface area contributed by atoms with Crippen LogP contribution in [0.25, 0.3) is 0 Å². The maximum Gasteiger partial charge on any atom is 0.345 e. The van der Waals surface area contributed by atoms with Gasteiger partial charge in [-0.25, -0.2) is 4.79 Å². The van der Waals surface area contributed by atoms with Crippen LogP contribution in [0.4, 0.5) is 5.88 Å². The van der Waals surface area contributed by atoms with Crippen molar-refractivity contribution in [1.82, 2.24) is 5.16 Å². The molecule has 0 radical (unpaired) electrons. The SMILES string of the molecule is CCCOC(=O)c1c(CC)noc1N. The molecule has 0 bridgehead atoms. The standard InChI is InChI=1S/C9H14N2O3/c1-3-5-13-9(12)7-6(4-2)11-14-8(7)10/h3-5,10H2,1-2H3. The Bertz CT molecular complexity index is 320. The zero-order valence-electron chi connectivity index (χ0n) is 8.37. The van der Waals surface area contributed by atoms with E-state index in [1.54, 1.807) is 0 Å². The number of esters is 1. The van der Waals surface area contributed by atoms with Crippen molar-refractivity contribution in [3.63, 3.8) is 0 Å². The maximum absolute atomic E-state index is 11.5. The Morgan fingerprint density at radius 2 is 2.29 bits per heavy atom. The van der Waals surface area contributed by atoms with Gasteiger partial charge in [0.1, 0.15) is 11.3 Å². The van der Waals surface area contributed by atoms with Crippen LogP contribution in [-0.2, 0) is 11.2 Å². The first-order valence-corrected chi connectivity index (χ1v) is 4.61. The van der Waals surface area contributed by atoms with Gasteiger partial charge in [0.2, 0.25) is 5.88 Å². The second-order valence-electron chi connectivity index (χ2n) is 2.86. The summed E-state index contributed by atoms with van der Waals surface area (Å²) in [6.07, 6.45) is 1.37. The fraction of sp³-hybridized carbons (Fsp3) is 0.556. The van der Waals surface area contributed by atoms with Gasteiger partial charge in [-0.1, -0.05) is 19.0 Å². The number of nitrogens with zero attached hydrogens (tertiary/aromatic N) is 1. The van der Waals surface area contributed by atoms with Gasteiger partial charge in [-0.05, 0) is 12.8 Å². The number of ether oxygens (including phenoxy) is 1. The Morgan fingerprint density at radius 3 is 2.86 bits per heavy atom. The van der Waals surface area contributed by atoms with E-state index in [4.69, 9.17) is 15.0 Å². The number of nitrogen functional groups attached to an aromatic ring is 1. The first-order valence-electron chi connectivity index (χ1n) is 4.61. The molecule has 0 unspecified atom stereocenters. The Balaban J connectivity index is 2.82. The molecule has 0 saturated carbocycles. The molecule has 0 atom stereocenters. The summed E-state index contributed by atoms with van der Waals surface area (Å²) in [5.41, 5.74) is 6.27. The molecule has 1 aromatic heterocycles. The molecule has 5 heteroatoms. The smallest absolute Gasteiger partial charge is 0.345 e. The highest BCUT2D eigenvalue weighted by Gasteiger charge is 2.20. The minimum Gasteiger partial charge on any atom is -0.462 e. The minimum absolute atomic E-state index is 0.0305. The molecule has 0 aromatic carbocycles. The van der Waals surface area contributed by atoms with E-state index in [0.717, 1.165) is 6.42 Å². The summed E-state index contributed by atoms with van der Waals surface area (Å²) < 4.78 is 9.65. The van der Waals surface area contributed by atoms with E-state index < -0.39 is 5.97 Å². The average Bonchev–Trinajstić information content (AvgIpc) is 2.56. The summed E-state index contributed by atoms with van der Waals surface area (Å²) in [5.74, 6) is -0.426. The van der Waals surface area contributed by atoms with Crippen LogP contribution in [0.5, 0.6) is 0 Å². The Labute approximate surface area is 82.2 Å². The van der Waals surface area contributed by atoms with Crippen LogP contribution in [0, 0.1) is 0 Å². The number of rotatable bonds is 4. The van der Waals surface area contributed by atoms with E-state index in [9.17, 15) is 4.79 Å². The molecular weight excluding hydrogens is 184 g/mol. The van der Waals surface area contributed by atoms with Crippen molar-refractivity contribution in [2.45, 2.75) is 26.7 Å². The van der Waals surface area contributed by atoms with Gasteiger partial charge in [0, 0.05) is 0 Å². The van der Waals surface area contributed by atoms with Crippen molar-refractivity contribution in [3.05, 3.63) is 11.3 Å². The average molecular weight is 198 g/mol. The molecule has 14 heavy (non-hydrogen) atoms. The highest BCUT2D eigenvalue weighted by molar-refractivity contribution is 5.94. The van der Waals surface area contributed by atoms with Crippen molar-refractivity contribution in [2.24, 2.45) is 0 Å². The van der Waals surface area contributed by atoms with Crippen molar-refractivity contribution in [3.8, 4) is 0 Å². The van der Waals surface area contributed by atoms with E-state index >= 15 is 0 Å². The molecule has 0 aliphatic heterocycles. The number of aromatic nitrogens is 1. The van der Waals surface area contributed by atoms with Gasteiger partial charge in [0.15, 0.2) is 0 Å². The molecular formula is C9H14N2O3. The van der Waals surface area contributed by atoms with Crippen LogP contribution in [0.2, 0.25) is 0 Å². The Kier molecular flexibility index (Phi) is 3.50. The third kappa shape index (κ3) is 2.04. The topological polar surface area (TPSA) is 78.3 Å². The summed E-state index contributed by atoms with van der Waals surface area (Å²) in [4.78, 5) is 11.5. The lowest BCUT2D eigenvalue weighted by molar-refractivity contribution is 0.0505. The van der Waals surface area contributed by atoms with Crippen LogP contribution < -0.4 is 5.73 Å². The van der Waals surface area contributed by atoms with Gasteiger partial charge in [0.05, 0.1) is 6.61 Å². The van der Waals surface area contributed by atoms with Crippen LogP contribution in [0.15, 0.2) is 4.52 Å². The minimum atomic E-state index is -0.456. The van der Waals surface area contributed by atoms with E-state index in [0.29, 0.717) is 18.7 Å². The summed E-state index contributed by atoms with van der Waals surface area (Å²) in [6, 6.07) is 0. The monoisotopic (exact) mass is 198 g/mol. The molecule has 0 fully saturated rings. The van der Waals surface area contributed by atoms with Gasteiger partial charge >= 0.3 is 5.97 Å². The molecule has 1 heterocycles. The number of anilines is 1. The third-order valence-corrected chi connectivity index (χ3v) is 1.77. The number of carbonyl (C=O) groups excluding carboxylic acids is 1. The number of hydrogen-bond donors (Lipinski definition) is 1. The normalized spacial score (nSPS) is 10.1. The molecule has 0 amide bonds. The first-order chi connectivity index (χ1) is 6.70. The van der Waals surface area contributed by atoms with Crippen molar-refractivity contribution in [2.75, 3.05) is 12.3 Å². The molecule has 0 spiro atoms. The molecule has 78 valence electrons. The molecule has 0 saturated heterocycles. The van der Waals surface area contributed by atoms with Crippen LogP contribution in [0.1, 0.15) is 36.3 Å². The van der Waals surface area contributed by atoms with E-state index in [1.807, 2.05) is 13.8 Å².